The largest absolute Gasteiger partial charge is 0.491 e. The van der Waals surface area contributed by atoms with Gasteiger partial charge in [0.05, 0.1) is 17.7 Å². The number of rotatable bonds is 5. The van der Waals surface area contributed by atoms with Crippen molar-refractivity contribution in [3.63, 3.8) is 0 Å². The molecule has 0 radical (unpaired) electrons. The summed E-state index contributed by atoms with van der Waals surface area (Å²) >= 11 is 8.92. The topological polar surface area (TPSA) is 62.4 Å². The van der Waals surface area contributed by atoms with Crippen LogP contribution < -0.4 is 20.7 Å². The molecule has 0 aromatic heterocycles. The van der Waals surface area contributed by atoms with E-state index >= 15 is 0 Å². The Morgan fingerprint density at radius 1 is 1.13 bits per heavy atom. The van der Waals surface area contributed by atoms with Crippen molar-refractivity contribution < 1.29 is 9.53 Å². The van der Waals surface area contributed by atoms with Gasteiger partial charge in [0.1, 0.15) is 5.75 Å². The molecular formula is C23H26BrN3O2S. The highest BCUT2D eigenvalue weighted by molar-refractivity contribution is 9.10. The number of benzene rings is 2. The summed E-state index contributed by atoms with van der Waals surface area (Å²) in [6, 6.07) is 11.2. The van der Waals surface area contributed by atoms with Crippen LogP contribution >= 0.6 is 28.1 Å². The van der Waals surface area contributed by atoms with E-state index in [1.165, 1.54) is 5.56 Å². The van der Waals surface area contributed by atoms with E-state index in [1.54, 1.807) is 0 Å². The Morgan fingerprint density at radius 3 is 2.53 bits per heavy atom. The summed E-state index contributed by atoms with van der Waals surface area (Å²) in [6.07, 6.45) is -0.00326. The molecule has 3 N–H and O–H groups in total. The van der Waals surface area contributed by atoms with Gasteiger partial charge < -0.3 is 20.7 Å². The second kappa shape index (κ2) is 9.18. The average Bonchev–Trinajstić information content (AvgIpc) is 2.65. The SMILES string of the molecule is CC1=C(C(=O)Nc2ccc(C)c(C)c2)[C@@H](c2cc(Br)ccc2OC(C)C)NC(=S)N1. The van der Waals surface area contributed by atoms with E-state index in [1.807, 2.05) is 71.0 Å². The number of thiocarbonyl (C=S) groups is 1. The van der Waals surface area contributed by atoms with Crippen LogP contribution in [0.3, 0.4) is 0 Å². The average molecular weight is 488 g/mol. The first kappa shape index (κ1) is 22.3. The first-order valence-electron chi connectivity index (χ1n) is 9.78. The van der Waals surface area contributed by atoms with E-state index in [0.717, 1.165) is 21.3 Å². The molecule has 7 heteroatoms. The lowest BCUT2D eigenvalue weighted by Crippen LogP contribution is -2.46. The van der Waals surface area contributed by atoms with E-state index in [9.17, 15) is 4.79 Å². The first-order valence-corrected chi connectivity index (χ1v) is 11.0. The molecule has 2 aromatic rings. The molecule has 30 heavy (non-hydrogen) atoms. The number of carbonyl (C=O) groups excluding carboxylic acids is 1. The maximum atomic E-state index is 13.3. The lowest BCUT2D eigenvalue weighted by molar-refractivity contribution is -0.113. The third-order valence-electron chi connectivity index (χ3n) is 4.92. The molecule has 158 valence electrons. The predicted molar refractivity (Wildman–Crippen MR) is 129 cm³/mol. The molecular weight excluding hydrogens is 462 g/mol. The van der Waals surface area contributed by atoms with Crippen molar-refractivity contribution in [1.82, 2.24) is 10.6 Å². The van der Waals surface area contributed by atoms with Gasteiger partial charge in [-0.05, 0) is 88.3 Å². The van der Waals surface area contributed by atoms with Crippen molar-refractivity contribution >= 4 is 44.9 Å². The third kappa shape index (κ3) is 5.02. The van der Waals surface area contributed by atoms with Gasteiger partial charge in [-0.1, -0.05) is 22.0 Å². The Kier molecular flexibility index (Phi) is 6.83. The van der Waals surface area contributed by atoms with E-state index in [0.29, 0.717) is 22.1 Å². The van der Waals surface area contributed by atoms with Crippen LogP contribution in [0.5, 0.6) is 5.75 Å². The van der Waals surface area contributed by atoms with Crippen molar-refractivity contribution in [3.05, 3.63) is 68.8 Å². The minimum Gasteiger partial charge on any atom is -0.491 e. The quantitative estimate of drug-likeness (QED) is 0.500. The maximum Gasteiger partial charge on any atom is 0.255 e. The van der Waals surface area contributed by atoms with Gasteiger partial charge in [0.15, 0.2) is 5.11 Å². The van der Waals surface area contributed by atoms with Gasteiger partial charge in [-0.3, -0.25) is 4.79 Å². The minimum absolute atomic E-state index is 0.00326. The van der Waals surface area contributed by atoms with Gasteiger partial charge in [-0.25, -0.2) is 0 Å². The molecule has 0 aliphatic carbocycles. The highest BCUT2D eigenvalue weighted by Gasteiger charge is 2.32. The zero-order valence-electron chi connectivity index (χ0n) is 17.7. The number of ether oxygens (including phenoxy) is 1. The van der Waals surface area contributed by atoms with Crippen LogP contribution in [0, 0.1) is 13.8 Å². The van der Waals surface area contributed by atoms with E-state index in [4.69, 9.17) is 17.0 Å². The standard InChI is InChI=1S/C23H26BrN3O2S/c1-12(2)29-19-9-7-16(24)11-18(19)21-20(15(5)25-23(30)27-21)22(28)26-17-8-6-13(3)14(4)10-17/h6-12,21H,1-5H3,(H,26,28)(H2,25,27,30)/t21-/m1/s1. The van der Waals surface area contributed by atoms with Crippen molar-refractivity contribution in [2.45, 2.75) is 46.8 Å². The van der Waals surface area contributed by atoms with Crippen LogP contribution in [0.1, 0.15) is 43.5 Å². The fraction of sp³-hybridized carbons (Fsp3) is 0.304. The molecule has 0 saturated carbocycles. The van der Waals surface area contributed by atoms with Crippen molar-refractivity contribution in [2.75, 3.05) is 5.32 Å². The van der Waals surface area contributed by atoms with Crippen LogP contribution in [-0.2, 0) is 4.79 Å². The summed E-state index contributed by atoms with van der Waals surface area (Å²) in [7, 11) is 0. The number of allylic oxidation sites excluding steroid dienone is 1. The number of halogens is 1. The summed E-state index contributed by atoms with van der Waals surface area (Å²) in [5.41, 5.74) is 5.16. The fourth-order valence-electron chi connectivity index (χ4n) is 3.35. The monoisotopic (exact) mass is 487 g/mol. The Labute approximate surface area is 191 Å². The molecule has 1 amide bonds. The molecule has 5 nitrogen and oxygen atoms in total. The Balaban J connectivity index is 2.02. The van der Waals surface area contributed by atoms with Gasteiger partial charge in [-0.15, -0.1) is 0 Å². The highest BCUT2D eigenvalue weighted by atomic mass is 79.9. The molecule has 3 rings (SSSR count). The Hall–Kier alpha value is -2.38. The Bertz CT molecular complexity index is 1030. The Morgan fingerprint density at radius 2 is 1.87 bits per heavy atom. The molecule has 0 bridgehead atoms. The molecule has 1 aliphatic heterocycles. The molecule has 1 atom stereocenters. The summed E-state index contributed by atoms with van der Waals surface area (Å²) in [5.74, 6) is 0.512. The van der Waals surface area contributed by atoms with Crippen molar-refractivity contribution in [3.8, 4) is 5.75 Å². The number of hydrogen-bond donors (Lipinski definition) is 3. The zero-order chi connectivity index (χ0) is 22.0. The summed E-state index contributed by atoms with van der Waals surface area (Å²) in [6.45, 7) is 9.87. The lowest BCUT2D eigenvalue weighted by atomic mass is 9.94. The van der Waals surface area contributed by atoms with Crippen LogP contribution in [0.2, 0.25) is 0 Å². The molecule has 1 heterocycles. The number of carbonyl (C=O) groups is 1. The van der Waals surface area contributed by atoms with Crippen LogP contribution in [0.4, 0.5) is 5.69 Å². The lowest BCUT2D eigenvalue weighted by Gasteiger charge is -2.31. The summed E-state index contributed by atoms with van der Waals surface area (Å²) in [4.78, 5) is 13.3. The number of anilines is 1. The summed E-state index contributed by atoms with van der Waals surface area (Å²) in [5, 5.41) is 9.81. The molecule has 0 fully saturated rings. The van der Waals surface area contributed by atoms with Crippen molar-refractivity contribution in [2.24, 2.45) is 0 Å². The molecule has 1 aliphatic rings. The smallest absolute Gasteiger partial charge is 0.255 e. The number of aryl methyl sites for hydroxylation is 2. The van der Waals surface area contributed by atoms with Gasteiger partial charge in [0.2, 0.25) is 0 Å². The highest BCUT2D eigenvalue weighted by Crippen LogP contribution is 2.36. The minimum atomic E-state index is -0.448. The molecule has 0 saturated heterocycles. The van der Waals surface area contributed by atoms with Gasteiger partial charge in [0.25, 0.3) is 5.91 Å². The second-order valence-corrected chi connectivity index (χ2v) is 9.00. The van der Waals surface area contributed by atoms with Crippen LogP contribution in [-0.4, -0.2) is 17.1 Å². The predicted octanol–water partition coefficient (Wildman–Crippen LogP) is 5.28. The van der Waals surface area contributed by atoms with Gasteiger partial charge >= 0.3 is 0 Å². The van der Waals surface area contributed by atoms with E-state index in [2.05, 4.69) is 31.9 Å². The third-order valence-corrected chi connectivity index (χ3v) is 5.64. The molecule has 0 spiro atoms. The number of amides is 1. The summed E-state index contributed by atoms with van der Waals surface area (Å²) < 4.78 is 6.92. The first-order chi connectivity index (χ1) is 14.2. The molecule has 0 unspecified atom stereocenters. The normalized spacial score (nSPS) is 16.2. The zero-order valence-corrected chi connectivity index (χ0v) is 20.1. The van der Waals surface area contributed by atoms with Gasteiger partial charge in [0, 0.05) is 21.4 Å². The maximum absolute atomic E-state index is 13.3. The van der Waals surface area contributed by atoms with Crippen LogP contribution in [0.15, 0.2) is 52.1 Å². The number of nitrogens with one attached hydrogen (secondary N) is 3. The van der Waals surface area contributed by atoms with Crippen LogP contribution in [0.25, 0.3) is 0 Å². The van der Waals surface area contributed by atoms with E-state index < -0.39 is 6.04 Å². The van der Waals surface area contributed by atoms with Gasteiger partial charge in [-0.2, -0.15) is 0 Å². The fourth-order valence-corrected chi connectivity index (χ4v) is 4.00. The number of hydrogen-bond acceptors (Lipinski definition) is 3. The van der Waals surface area contributed by atoms with Crippen molar-refractivity contribution in [1.29, 1.82) is 0 Å². The second-order valence-electron chi connectivity index (χ2n) is 7.67. The molecule has 2 aromatic carbocycles. The van der Waals surface area contributed by atoms with E-state index in [-0.39, 0.29) is 12.0 Å².